The van der Waals surface area contributed by atoms with Crippen LogP contribution in [-0.2, 0) is 16.1 Å². The van der Waals surface area contributed by atoms with Gasteiger partial charge in [0.15, 0.2) is 6.61 Å². The maximum Gasteiger partial charge on any atom is 0.277 e. The van der Waals surface area contributed by atoms with Crippen molar-refractivity contribution in [2.75, 3.05) is 13.2 Å². The smallest absolute Gasteiger partial charge is 0.277 e. The first kappa shape index (κ1) is 20.1. The highest BCUT2D eigenvalue weighted by molar-refractivity contribution is 5.84. The Morgan fingerprint density at radius 2 is 2.00 bits per heavy atom. The Balaban J connectivity index is 1.53. The molecular weight excluding hydrogens is 354 g/mol. The number of nitrogens with zero attached hydrogens (tertiary/aromatic N) is 2. The number of aryl methyl sites for hydroxylation is 3. The number of aromatic nitrogens is 1. The number of hydrogen-bond acceptors (Lipinski definition) is 4. The minimum Gasteiger partial charge on any atom is -0.484 e. The fourth-order valence-corrected chi connectivity index (χ4v) is 3.60. The normalized spacial score (nSPS) is 16.6. The first-order valence-corrected chi connectivity index (χ1v) is 9.73. The van der Waals surface area contributed by atoms with Crippen LogP contribution in [0.4, 0.5) is 0 Å². The number of nitrogens with one attached hydrogen (secondary N) is 1. The fraction of sp³-hybridized carbons (Fsp3) is 0.455. The van der Waals surface area contributed by atoms with E-state index in [1.807, 2.05) is 26.0 Å². The summed E-state index contributed by atoms with van der Waals surface area (Å²) >= 11 is 0. The summed E-state index contributed by atoms with van der Waals surface area (Å²) in [7, 11) is 0. The number of ether oxygens (including phenoxy) is 2. The number of carbonyl (C=O) groups excluding carboxylic acids is 1. The molecule has 1 aromatic heterocycles. The minimum absolute atomic E-state index is 0.0712. The van der Waals surface area contributed by atoms with Crippen LogP contribution in [-0.4, -0.2) is 36.0 Å². The molecule has 6 heteroatoms. The molecule has 1 aromatic carbocycles. The van der Waals surface area contributed by atoms with E-state index in [1.54, 1.807) is 6.21 Å². The second kappa shape index (κ2) is 9.06. The van der Waals surface area contributed by atoms with Crippen molar-refractivity contribution in [2.24, 2.45) is 5.10 Å². The predicted molar refractivity (Wildman–Crippen MR) is 110 cm³/mol. The third-order valence-corrected chi connectivity index (χ3v) is 4.98. The number of amides is 1. The van der Waals surface area contributed by atoms with Crippen molar-refractivity contribution in [1.82, 2.24) is 9.99 Å². The fourth-order valence-electron chi connectivity index (χ4n) is 3.60. The van der Waals surface area contributed by atoms with E-state index >= 15 is 0 Å². The minimum atomic E-state index is -0.288. The summed E-state index contributed by atoms with van der Waals surface area (Å²) in [4.78, 5) is 12.0. The number of rotatable bonds is 7. The quantitative estimate of drug-likeness (QED) is 0.588. The Morgan fingerprint density at radius 3 is 2.68 bits per heavy atom. The lowest BCUT2D eigenvalue weighted by Gasteiger charge is -2.14. The SMILES string of the molecule is Cc1cc(C)cc(OCC(=O)N/N=C\c2cc(C)n(C[C@@H]3CCCO3)c2C)c1. The van der Waals surface area contributed by atoms with Crippen LogP contribution in [0, 0.1) is 27.7 Å². The molecule has 1 amide bonds. The molecule has 0 bridgehead atoms. The van der Waals surface area contributed by atoms with Crippen molar-refractivity contribution in [2.45, 2.75) is 53.2 Å². The summed E-state index contributed by atoms with van der Waals surface area (Å²) in [6, 6.07) is 7.96. The van der Waals surface area contributed by atoms with Crippen LogP contribution < -0.4 is 10.2 Å². The molecule has 1 saturated heterocycles. The van der Waals surface area contributed by atoms with Crippen LogP contribution in [0.15, 0.2) is 29.4 Å². The van der Waals surface area contributed by atoms with Crippen LogP contribution in [0.5, 0.6) is 5.75 Å². The van der Waals surface area contributed by atoms with Gasteiger partial charge in [-0.25, -0.2) is 5.43 Å². The van der Waals surface area contributed by atoms with Crippen LogP contribution in [0.1, 0.15) is 40.9 Å². The molecule has 28 heavy (non-hydrogen) atoms. The molecule has 0 unspecified atom stereocenters. The van der Waals surface area contributed by atoms with Crippen LogP contribution in [0.3, 0.4) is 0 Å². The molecule has 0 radical (unpaired) electrons. The van der Waals surface area contributed by atoms with E-state index in [1.165, 1.54) is 5.69 Å². The van der Waals surface area contributed by atoms with Gasteiger partial charge in [0.1, 0.15) is 5.75 Å². The second-order valence-corrected chi connectivity index (χ2v) is 7.48. The second-order valence-electron chi connectivity index (χ2n) is 7.48. The molecule has 1 aliphatic rings. The van der Waals surface area contributed by atoms with Gasteiger partial charge in [-0.15, -0.1) is 0 Å². The third-order valence-electron chi connectivity index (χ3n) is 4.98. The molecule has 1 aliphatic heterocycles. The molecule has 150 valence electrons. The molecule has 0 spiro atoms. The highest BCUT2D eigenvalue weighted by Gasteiger charge is 2.18. The zero-order valence-electron chi connectivity index (χ0n) is 17.1. The Labute approximate surface area is 166 Å². The van der Waals surface area contributed by atoms with E-state index < -0.39 is 0 Å². The highest BCUT2D eigenvalue weighted by Crippen LogP contribution is 2.19. The Hall–Kier alpha value is -2.60. The Morgan fingerprint density at radius 1 is 1.25 bits per heavy atom. The van der Waals surface area contributed by atoms with Crippen molar-refractivity contribution in [3.05, 3.63) is 52.3 Å². The maximum atomic E-state index is 12.0. The average Bonchev–Trinajstić information content (AvgIpc) is 3.23. The van der Waals surface area contributed by atoms with E-state index in [0.29, 0.717) is 5.75 Å². The summed E-state index contributed by atoms with van der Waals surface area (Å²) in [5, 5.41) is 4.09. The standard InChI is InChI=1S/C22H29N3O3/c1-15-8-16(2)10-21(9-15)28-14-22(26)24-23-12-19-11-17(3)25(18(19)4)13-20-6-5-7-27-20/h8-12,20H,5-7,13-14H2,1-4H3,(H,24,26)/b23-12-/t20-/m0/s1. The monoisotopic (exact) mass is 383 g/mol. The number of hydrazone groups is 1. The van der Waals surface area contributed by atoms with Gasteiger partial charge in [-0.2, -0.15) is 5.10 Å². The van der Waals surface area contributed by atoms with Gasteiger partial charge in [0.25, 0.3) is 5.91 Å². The Kier molecular flexibility index (Phi) is 6.52. The van der Waals surface area contributed by atoms with Crippen molar-refractivity contribution in [3.63, 3.8) is 0 Å². The van der Waals surface area contributed by atoms with Gasteiger partial charge in [-0.1, -0.05) is 6.07 Å². The largest absolute Gasteiger partial charge is 0.484 e. The molecule has 2 heterocycles. The van der Waals surface area contributed by atoms with Crippen LogP contribution in [0.25, 0.3) is 0 Å². The first-order chi connectivity index (χ1) is 13.4. The van der Waals surface area contributed by atoms with Gasteiger partial charge in [-0.3, -0.25) is 4.79 Å². The van der Waals surface area contributed by atoms with Crippen LogP contribution >= 0.6 is 0 Å². The van der Waals surface area contributed by atoms with Crippen molar-refractivity contribution < 1.29 is 14.3 Å². The van der Waals surface area contributed by atoms with Gasteiger partial charge in [0.05, 0.1) is 12.3 Å². The average molecular weight is 383 g/mol. The number of benzene rings is 1. The van der Waals surface area contributed by atoms with Gasteiger partial charge in [0, 0.05) is 30.1 Å². The van der Waals surface area contributed by atoms with Gasteiger partial charge in [0.2, 0.25) is 0 Å². The van der Waals surface area contributed by atoms with Crippen LogP contribution in [0.2, 0.25) is 0 Å². The van der Waals surface area contributed by atoms with Gasteiger partial charge < -0.3 is 14.0 Å². The lowest BCUT2D eigenvalue weighted by molar-refractivity contribution is -0.123. The number of carbonyl (C=O) groups is 1. The topological polar surface area (TPSA) is 64.8 Å². The molecule has 3 rings (SSSR count). The molecule has 1 atom stereocenters. The summed E-state index contributed by atoms with van der Waals surface area (Å²) in [6.07, 6.45) is 4.21. The highest BCUT2D eigenvalue weighted by atomic mass is 16.5. The van der Waals surface area contributed by atoms with Crippen molar-refractivity contribution >= 4 is 12.1 Å². The zero-order chi connectivity index (χ0) is 20.1. The predicted octanol–water partition coefficient (Wildman–Crippen LogP) is 3.43. The summed E-state index contributed by atoms with van der Waals surface area (Å²) in [5.74, 6) is 0.401. The first-order valence-electron chi connectivity index (χ1n) is 9.73. The summed E-state index contributed by atoms with van der Waals surface area (Å²) in [5.41, 5.74) is 8.02. The lowest BCUT2D eigenvalue weighted by Crippen LogP contribution is -2.24. The van der Waals surface area contributed by atoms with Crippen molar-refractivity contribution in [1.29, 1.82) is 0 Å². The molecule has 2 aromatic rings. The third kappa shape index (κ3) is 5.23. The summed E-state index contributed by atoms with van der Waals surface area (Å²) in [6.45, 7) is 9.79. The molecule has 1 fully saturated rings. The van der Waals surface area contributed by atoms with E-state index in [4.69, 9.17) is 9.47 Å². The molecule has 0 aliphatic carbocycles. The van der Waals surface area contributed by atoms with Crippen molar-refractivity contribution in [3.8, 4) is 5.75 Å². The molecule has 1 N–H and O–H groups in total. The Bertz CT molecular complexity index is 844. The number of hydrogen-bond donors (Lipinski definition) is 1. The lowest BCUT2D eigenvalue weighted by atomic mass is 10.1. The van der Waals surface area contributed by atoms with E-state index in [0.717, 1.165) is 48.4 Å². The summed E-state index contributed by atoms with van der Waals surface area (Å²) < 4.78 is 13.5. The molecule has 6 nitrogen and oxygen atoms in total. The van der Waals surface area contributed by atoms with E-state index in [9.17, 15) is 4.79 Å². The maximum absolute atomic E-state index is 12.0. The van der Waals surface area contributed by atoms with E-state index in [2.05, 4.69) is 41.1 Å². The molecular formula is C22H29N3O3. The van der Waals surface area contributed by atoms with Gasteiger partial charge in [-0.05, 0) is 69.9 Å². The zero-order valence-corrected chi connectivity index (χ0v) is 17.1. The molecule has 0 saturated carbocycles. The van der Waals surface area contributed by atoms with E-state index in [-0.39, 0.29) is 18.6 Å². The van der Waals surface area contributed by atoms with Gasteiger partial charge >= 0.3 is 0 Å².